The number of hydrogen-bond acceptors (Lipinski definition) is 4. The highest BCUT2D eigenvalue weighted by molar-refractivity contribution is 7.85. The minimum atomic E-state index is -0.959. The lowest BCUT2D eigenvalue weighted by Crippen LogP contribution is -2.28. The van der Waals surface area contributed by atoms with Gasteiger partial charge in [0.25, 0.3) is 0 Å². The van der Waals surface area contributed by atoms with E-state index in [0.717, 1.165) is 48.6 Å². The number of benzene rings is 1. The lowest BCUT2D eigenvalue weighted by atomic mass is 10.2. The minimum absolute atomic E-state index is 0.252. The van der Waals surface area contributed by atoms with E-state index in [1.807, 2.05) is 18.2 Å². The molecule has 1 aliphatic heterocycles. The van der Waals surface area contributed by atoms with Crippen molar-refractivity contribution < 1.29 is 13.7 Å². The molecule has 116 valence electrons. The van der Waals surface area contributed by atoms with Crippen LogP contribution in [0.3, 0.4) is 0 Å². The molecule has 0 saturated heterocycles. The average Bonchev–Trinajstić information content (AvgIpc) is 3.00. The summed E-state index contributed by atoms with van der Waals surface area (Å²) in [6.07, 6.45) is 4.30. The van der Waals surface area contributed by atoms with Crippen LogP contribution in [0, 0.1) is 0 Å². The quantitative estimate of drug-likeness (QED) is 0.908. The van der Waals surface area contributed by atoms with E-state index in [1.165, 1.54) is 0 Å². The smallest absolute Gasteiger partial charge is 0.162 e. The first-order valence-electron chi connectivity index (χ1n) is 7.81. The Morgan fingerprint density at radius 1 is 1.24 bits per heavy atom. The normalized spacial score (nSPS) is 25.8. The molecule has 0 radical (unpaired) electrons. The fraction of sp³-hybridized carbons (Fsp3) is 0.625. The van der Waals surface area contributed by atoms with E-state index in [2.05, 4.69) is 12.2 Å². The highest BCUT2D eigenvalue weighted by Crippen LogP contribution is 2.34. The molecule has 4 nitrogen and oxygen atoms in total. The summed E-state index contributed by atoms with van der Waals surface area (Å²) in [5.41, 5.74) is 0. The van der Waals surface area contributed by atoms with Gasteiger partial charge in [0.05, 0.1) is 10.8 Å². The zero-order valence-electron chi connectivity index (χ0n) is 12.5. The van der Waals surface area contributed by atoms with Crippen molar-refractivity contribution in [3.8, 4) is 11.5 Å². The zero-order chi connectivity index (χ0) is 14.7. The molecule has 21 heavy (non-hydrogen) atoms. The molecule has 1 N–H and O–H groups in total. The molecule has 3 atom stereocenters. The van der Waals surface area contributed by atoms with Crippen LogP contribution >= 0.6 is 0 Å². The Balaban J connectivity index is 1.65. The lowest BCUT2D eigenvalue weighted by molar-refractivity contribution is 0.171. The summed E-state index contributed by atoms with van der Waals surface area (Å²) in [4.78, 5) is 0.861. The fourth-order valence-electron chi connectivity index (χ4n) is 3.01. The number of fused-ring (bicyclic) bond motifs is 1. The SMILES string of the molecule is CCCNC1CCC(S(=O)c2ccc3c(c2)OCCO3)C1. The van der Waals surface area contributed by atoms with Gasteiger partial charge in [-0.05, 0) is 44.4 Å². The molecule has 1 heterocycles. The van der Waals surface area contributed by atoms with Crippen LogP contribution in [-0.2, 0) is 10.8 Å². The Labute approximate surface area is 128 Å². The van der Waals surface area contributed by atoms with Crippen molar-refractivity contribution in [1.29, 1.82) is 0 Å². The minimum Gasteiger partial charge on any atom is -0.486 e. The summed E-state index contributed by atoms with van der Waals surface area (Å²) < 4.78 is 23.8. The predicted molar refractivity (Wildman–Crippen MR) is 83.6 cm³/mol. The first kappa shape index (κ1) is 14.9. The molecule has 0 bridgehead atoms. The van der Waals surface area contributed by atoms with Crippen LogP contribution in [0.4, 0.5) is 0 Å². The Hall–Kier alpha value is -1.07. The van der Waals surface area contributed by atoms with E-state index in [9.17, 15) is 4.21 Å². The van der Waals surface area contributed by atoms with Gasteiger partial charge in [0.1, 0.15) is 13.2 Å². The van der Waals surface area contributed by atoms with E-state index in [1.54, 1.807) is 0 Å². The van der Waals surface area contributed by atoms with Crippen molar-refractivity contribution in [2.45, 2.75) is 48.8 Å². The summed E-state index contributed by atoms with van der Waals surface area (Å²) >= 11 is 0. The van der Waals surface area contributed by atoms with Crippen LogP contribution in [0.15, 0.2) is 23.1 Å². The van der Waals surface area contributed by atoms with Crippen molar-refractivity contribution in [3.05, 3.63) is 18.2 Å². The molecule has 0 aromatic heterocycles. The Kier molecular flexibility index (Phi) is 4.80. The Morgan fingerprint density at radius 3 is 2.86 bits per heavy atom. The van der Waals surface area contributed by atoms with Gasteiger partial charge in [0.15, 0.2) is 11.5 Å². The second kappa shape index (κ2) is 6.79. The molecule has 0 spiro atoms. The third kappa shape index (κ3) is 3.40. The third-order valence-corrected chi connectivity index (χ3v) is 5.87. The molecule has 1 saturated carbocycles. The summed E-state index contributed by atoms with van der Waals surface area (Å²) in [5, 5.41) is 3.79. The average molecular weight is 309 g/mol. The maximum absolute atomic E-state index is 12.7. The second-order valence-electron chi connectivity index (χ2n) is 5.69. The van der Waals surface area contributed by atoms with E-state index in [-0.39, 0.29) is 5.25 Å². The third-order valence-electron chi connectivity index (χ3n) is 4.12. The number of rotatable bonds is 5. The van der Waals surface area contributed by atoms with Crippen LogP contribution in [0.25, 0.3) is 0 Å². The van der Waals surface area contributed by atoms with Crippen LogP contribution in [0.1, 0.15) is 32.6 Å². The summed E-state index contributed by atoms with van der Waals surface area (Å²) in [5.74, 6) is 1.49. The van der Waals surface area contributed by atoms with Gasteiger partial charge >= 0.3 is 0 Å². The second-order valence-corrected chi connectivity index (χ2v) is 7.42. The molecule has 5 heteroatoms. The molecule has 0 amide bonds. The van der Waals surface area contributed by atoms with Gasteiger partial charge in [-0.25, -0.2) is 0 Å². The molecule has 1 aromatic carbocycles. The van der Waals surface area contributed by atoms with Gasteiger partial charge in [-0.2, -0.15) is 0 Å². The molecule has 2 aliphatic rings. The fourth-order valence-corrected chi connectivity index (χ4v) is 4.58. The maximum atomic E-state index is 12.7. The van der Waals surface area contributed by atoms with Crippen LogP contribution in [0.5, 0.6) is 11.5 Å². The van der Waals surface area contributed by atoms with Gasteiger partial charge in [-0.1, -0.05) is 6.92 Å². The van der Waals surface area contributed by atoms with E-state index in [4.69, 9.17) is 9.47 Å². The van der Waals surface area contributed by atoms with Crippen LogP contribution < -0.4 is 14.8 Å². The summed E-state index contributed by atoms with van der Waals surface area (Å²) in [7, 11) is -0.959. The zero-order valence-corrected chi connectivity index (χ0v) is 13.3. The molecule has 3 unspecified atom stereocenters. The predicted octanol–water partition coefficient (Wildman–Crippen LogP) is 2.49. The van der Waals surface area contributed by atoms with Crippen molar-refractivity contribution >= 4 is 10.8 Å². The lowest BCUT2D eigenvalue weighted by Gasteiger charge is -2.19. The van der Waals surface area contributed by atoms with Crippen molar-refractivity contribution in [2.75, 3.05) is 19.8 Å². The molecule has 1 aromatic rings. The summed E-state index contributed by atoms with van der Waals surface area (Å²) in [6.45, 7) is 4.37. The topological polar surface area (TPSA) is 47.6 Å². The van der Waals surface area contributed by atoms with Gasteiger partial charge in [-0.3, -0.25) is 4.21 Å². The van der Waals surface area contributed by atoms with Gasteiger partial charge in [0.2, 0.25) is 0 Å². The van der Waals surface area contributed by atoms with Crippen molar-refractivity contribution in [3.63, 3.8) is 0 Å². The first-order valence-corrected chi connectivity index (χ1v) is 9.03. The maximum Gasteiger partial charge on any atom is 0.162 e. The van der Waals surface area contributed by atoms with Gasteiger partial charge in [0, 0.05) is 22.3 Å². The Bertz CT molecular complexity index is 520. The largest absolute Gasteiger partial charge is 0.486 e. The van der Waals surface area contributed by atoms with Crippen LogP contribution in [0.2, 0.25) is 0 Å². The highest BCUT2D eigenvalue weighted by atomic mass is 32.2. The standard InChI is InChI=1S/C16H23NO3S/c1-2-7-17-12-3-4-13(10-12)21(18)14-5-6-15-16(11-14)20-9-8-19-15/h5-6,11-13,17H,2-4,7-10H2,1H3. The number of nitrogens with one attached hydrogen (secondary N) is 1. The first-order chi connectivity index (χ1) is 10.3. The number of hydrogen-bond donors (Lipinski definition) is 1. The molecule has 1 fully saturated rings. The van der Waals surface area contributed by atoms with Gasteiger partial charge < -0.3 is 14.8 Å². The molecular formula is C16H23NO3S. The Morgan fingerprint density at radius 2 is 2.05 bits per heavy atom. The molecule has 1 aliphatic carbocycles. The molecule has 3 rings (SSSR count). The highest BCUT2D eigenvalue weighted by Gasteiger charge is 2.29. The monoisotopic (exact) mass is 309 g/mol. The molecular weight excluding hydrogens is 286 g/mol. The van der Waals surface area contributed by atoms with Crippen LogP contribution in [-0.4, -0.2) is 35.3 Å². The number of ether oxygens (including phenoxy) is 2. The van der Waals surface area contributed by atoms with E-state index in [0.29, 0.717) is 19.3 Å². The van der Waals surface area contributed by atoms with Gasteiger partial charge in [-0.15, -0.1) is 0 Å². The van der Waals surface area contributed by atoms with Crippen molar-refractivity contribution in [1.82, 2.24) is 5.32 Å². The summed E-state index contributed by atoms with van der Waals surface area (Å²) in [6, 6.07) is 6.20. The van der Waals surface area contributed by atoms with Crippen molar-refractivity contribution in [2.24, 2.45) is 0 Å². The van der Waals surface area contributed by atoms with E-state index < -0.39 is 10.8 Å². The van der Waals surface area contributed by atoms with E-state index >= 15 is 0 Å².